The minimum absolute atomic E-state index is 0.00181. The smallest absolute Gasteiger partial charge is 0.409 e. The Hall–Kier alpha value is -1.79. The number of hydrogen-bond acceptors (Lipinski definition) is 4. The summed E-state index contributed by atoms with van der Waals surface area (Å²) in [6.07, 6.45) is 2.33. The third-order valence-corrected chi connectivity index (χ3v) is 4.39. The third-order valence-electron chi connectivity index (χ3n) is 4.39. The molecule has 2 unspecified atom stereocenters. The van der Waals surface area contributed by atoms with Gasteiger partial charge in [-0.1, -0.05) is 13.3 Å². The molecule has 23 heavy (non-hydrogen) atoms. The molecule has 0 bridgehead atoms. The predicted octanol–water partition coefficient (Wildman–Crippen LogP) is 0.839. The highest BCUT2D eigenvalue weighted by molar-refractivity contribution is 5.92. The van der Waals surface area contributed by atoms with Crippen molar-refractivity contribution in [2.45, 2.75) is 33.1 Å². The van der Waals surface area contributed by atoms with Crippen molar-refractivity contribution in [3.8, 4) is 0 Å². The number of nitrogens with one attached hydrogen (secondary N) is 1. The van der Waals surface area contributed by atoms with E-state index in [2.05, 4.69) is 12.2 Å². The lowest BCUT2D eigenvalue weighted by molar-refractivity contribution is -0.136. The third kappa shape index (κ3) is 4.59. The van der Waals surface area contributed by atoms with Crippen molar-refractivity contribution in [3.05, 3.63) is 0 Å². The molecule has 0 aromatic carbocycles. The fraction of sp³-hybridized carbons (Fsp3) is 0.812. The lowest BCUT2D eigenvalue weighted by Gasteiger charge is -2.34. The van der Waals surface area contributed by atoms with E-state index < -0.39 is 0 Å². The minimum Gasteiger partial charge on any atom is -0.450 e. The second-order valence-electron chi connectivity index (χ2n) is 6.10. The van der Waals surface area contributed by atoms with Gasteiger partial charge in [0.05, 0.1) is 18.4 Å². The Labute approximate surface area is 137 Å². The van der Waals surface area contributed by atoms with E-state index in [1.807, 2.05) is 0 Å². The molecule has 7 heteroatoms. The maximum absolute atomic E-state index is 12.4. The van der Waals surface area contributed by atoms with Crippen LogP contribution in [0.2, 0.25) is 0 Å². The van der Waals surface area contributed by atoms with Crippen LogP contribution in [0.4, 0.5) is 4.79 Å². The molecular weight excluding hydrogens is 298 g/mol. The van der Waals surface area contributed by atoms with E-state index in [4.69, 9.17) is 4.74 Å². The molecule has 2 atom stereocenters. The summed E-state index contributed by atoms with van der Waals surface area (Å²) in [4.78, 5) is 39.4. The molecule has 1 heterocycles. The highest BCUT2D eigenvalue weighted by atomic mass is 16.6. The summed E-state index contributed by atoms with van der Waals surface area (Å²) >= 11 is 0. The monoisotopic (exact) mass is 325 g/mol. The summed E-state index contributed by atoms with van der Waals surface area (Å²) in [5.41, 5.74) is 0. The summed E-state index contributed by atoms with van der Waals surface area (Å²) in [5.74, 6) is -0.292. The molecule has 1 N–H and O–H groups in total. The zero-order valence-electron chi connectivity index (χ0n) is 14.0. The SMILES string of the molecule is CCCCNC(=O)C1CC1C(=O)N1CCN(C(=O)OCC)CC1. The van der Waals surface area contributed by atoms with Crippen LogP contribution in [0.5, 0.6) is 0 Å². The van der Waals surface area contributed by atoms with Gasteiger partial charge in [-0.25, -0.2) is 4.79 Å². The molecule has 0 spiro atoms. The van der Waals surface area contributed by atoms with Gasteiger partial charge in [-0.2, -0.15) is 0 Å². The number of carbonyl (C=O) groups excluding carboxylic acids is 3. The molecule has 2 fully saturated rings. The summed E-state index contributed by atoms with van der Waals surface area (Å²) < 4.78 is 4.96. The average molecular weight is 325 g/mol. The molecule has 1 aliphatic heterocycles. The molecule has 130 valence electrons. The van der Waals surface area contributed by atoms with Crippen molar-refractivity contribution in [3.63, 3.8) is 0 Å². The van der Waals surface area contributed by atoms with Gasteiger partial charge in [0.2, 0.25) is 11.8 Å². The number of unbranched alkanes of at least 4 members (excludes halogenated alkanes) is 1. The average Bonchev–Trinajstić information content (AvgIpc) is 3.35. The Balaban J connectivity index is 1.72. The molecule has 3 amide bonds. The van der Waals surface area contributed by atoms with Crippen LogP contribution in [0.15, 0.2) is 0 Å². The fourth-order valence-corrected chi connectivity index (χ4v) is 2.84. The lowest BCUT2D eigenvalue weighted by Crippen LogP contribution is -2.51. The van der Waals surface area contributed by atoms with Crippen LogP contribution in [0.3, 0.4) is 0 Å². The first-order chi connectivity index (χ1) is 11.1. The number of nitrogens with zero attached hydrogens (tertiary/aromatic N) is 2. The zero-order chi connectivity index (χ0) is 16.8. The van der Waals surface area contributed by atoms with Gasteiger partial charge in [0, 0.05) is 32.7 Å². The molecule has 7 nitrogen and oxygen atoms in total. The second kappa shape index (κ2) is 8.17. The lowest BCUT2D eigenvalue weighted by atomic mass is 10.2. The van der Waals surface area contributed by atoms with Gasteiger partial charge in [0.25, 0.3) is 0 Å². The van der Waals surface area contributed by atoms with Gasteiger partial charge >= 0.3 is 6.09 Å². The van der Waals surface area contributed by atoms with Gasteiger partial charge in [0.1, 0.15) is 0 Å². The minimum atomic E-state index is -0.320. The van der Waals surface area contributed by atoms with Crippen molar-refractivity contribution in [1.29, 1.82) is 0 Å². The van der Waals surface area contributed by atoms with Crippen LogP contribution < -0.4 is 5.32 Å². The molecule has 2 aliphatic rings. The number of piperazine rings is 1. The first-order valence-electron chi connectivity index (χ1n) is 8.56. The van der Waals surface area contributed by atoms with Crippen LogP contribution in [0, 0.1) is 11.8 Å². The Bertz CT molecular complexity index is 447. The van der Waals surface area contributed by atoms with Gasteiger partial charge in [-0.3, -0.25) is 9.59 Å². The highest BCUT2D eigenvalue weighted by Crippen LogP contribution is 2.40. The van der Waals surface area contributed by atoms with Crippen molar-refractivity contribution in [2.75, 3.05) is 39.3 Å². The van der Waals surface area contributed by atoms with Gasteiger partial charge in [-0.15, -0.1) is 0 Å². The topological polar surface area (TPSA) is 79.0 Å². The van der Waals surface area contributed by atoms with E-state index in [1.54, 1.807) is 16.7 Å². The molecule has 1 saturated heterocycles. The normalized spacial score (nSPS) is 23.4. The summed E-state index contributed by atoms with van der Waals surface area (Å²) in [7, 11) is 0. The van der Waals surface area contributed by atoms with E-state index in [-0.39, 0.29) is 29.7 Å². The maximum atomic E-state index is 12.4. The van der Waals surface area contributed by atoms with Crippen LogP contribution in [-0.4, -0.2) is 67.0 Å². The standard InChI is InChI=1S/C16H27N3O4/c1-3-5-6-17-14(20)12-11-13(12)15(21)18-7-9-19(10-8-18)16(22)23-4-2/h12-13H,3-11H2,1-2H3,(H,17,20). The van der Waals surface area contributed by atoms with E-state index in [9.17, 15) is 14.4 Å². The van der Waals surface area contributed by atoms with Crippen molar-refractivity contribution in [1.82, 2.24) is 15.1 Å². The molecule has 0 aromatic rings. The molecule has 1 aliphatic carbocycles. The quantitative estimate of drug-likeness (QED) is 0.734. The number of hydrogen-bond donors (Lipinski definition) is 1. The van der Waals surface area contributed by atoms with Gasteiger partial charge in [-0.05, 0) is 19.8 Å². The van der Waals surface area contributed by atoms with Crippen LogP contribution >= 0.6 is 0 Å². The summed E-state index contributed by atoms with van der Waals surface area (Å²) in [6.45, 7) is 6.90. The Morgan fingerprint density at radius 2 is 1.70 bits per heavy atom. The molecule has 2 rings (SSSR count). The Morgan fingerprint density at radius 1 is 1.04 bits per heavy atom. The molecule has 1 saturated carbocycles. The van der Waals surface area contributed by atoms with Gasteiger partial charge in [0.15, 0.2) is 0 Å². The number of amides is 3. The van der Waals surface area contributed by atoms with E-state index in [0.29, 0.717) is 45.8 Å². The van der Waals surface area contributed by atoms with E-state index in [1.165, 1.54) is 0 Å². The first kappa shape index (κ1) is 17.6. The number of carbonyl (C=O) groups is 3. The molecular formula is C16H27N3O4. The Kier molecular flexibility index (Phi) is 6.24. The van der Waals surface area contributed by atoms with Crippen LogP contribution in [0.25, 0.3) is 0 Å². The summed E-state index contributed by atoms with van der Waals surface area (Å²) in [6, 6.07) is 0. The predicted molar refractivity (Wildman–Crippen MR) is 84.7 cm³/mol. The van der Waals surface area contributed by atoms with E-state index in [0.717, 1.165) is 12.8 Å². The van der Waals surface area contributed by atoms with Crippen LogP contribution in [-0.2, 0) is 14.3 Å². The largest absolute Gasteiger partial charge is 0.450 e. The number of rotatable bonds is 6. The highest BCUT2D eigenvalue weighted by Gasteiger charge is 2.49. The van der Waals surface area contributed by atoms with E-state index >= 15 is 0 Å². The van der Waals surface area contributed by atoms with Crippen molar-refractivity contribution >= 4 is 17.9 Å². The maximum Gasteiger partial charge on any atom is 0.409 e. The Morgan fingerprint density at radius 3 is 2.30 bits per heavy atom. The molecule has 0 radical (unpaired) electrons. The van der Waals surface area contributed by atoms with Crippen LogP contribution in [0.1, 0.15) is 33.1 Å². The summed E-state index contributed by atoms with van der Waals surface area (Å²) in [5, 5.41) is 2.89. The van der Waals surface area contributed by atoms with Crippen molar-refractivity contribution < 1.29 is 19.1 Å². The van der Waals surface area contributed by atoms with Crippen molar-refractivity contribution in [2.24, 2.45) is 11.8 Å². The zero-order valence-corrected chi connectivity index (χ0v) is 14.0. The second-order valence-corrected chi connectivity index (χ2v) is 6.10. The molecule has 0 aromatic heterocycles. The fourth-order valence-electron chi connectivity index (χ4n) is 2.84. The first-order valence-corrected chi connectivity index (χ1v) is 8.56. The number of ether oxygens (including phenoxy) is 1. The van der Waals surface area contributed by atoms with Gasteiger partial charge < -0.3 is 19.9 Å².